The van der Waals surface area contributed by atoms with Crippen LogP contribution in [0.1, 0.15) is 6.92 Å². The average molecular weight is 274 g/mol. The number of thiazole rings is 1. The Labute approximate surface area is 105 Å². The van der Waals surface area contributed by atoms with Gasteiger partial charge in [0.05, 0.1) is 10.2 Å². The molecule has 1 atom stereocenters. The summed E-state index contributed by atoms with van der Waals surface area (Å²) in [5.74, 6) is -0.831. The molecular weight excluding hydrogens is 266 g/mol. The Hall–Kier alpha value is -0.780. The van der Waals surface area contributed by atoms with Gasteiger partial charge in [-0.05, 0) is 25.1 Å². The quantitative estimate of drug-likeness (QED) is 0.870. The number of thioether (sulfide) groups is 1. The summed E-state index contributed by atoms with van der Waals surface area (Å²) in [5, 5.41) is 8.95. The number of aliphatic carboxylic acids is 1. The predicted molar refractivity (Wildman–Crippen MR) is 67.6 cm³/mol. The molecule has 0 spiro atoms. The van der Waals surface area contributed by atoms with Crippen LogP contribution in [0.25, 0.3) is 10.2 Å². The summed E-state index contributed by atoms with van der Waals surface area (Å²) in [6, 6.07) is 5.48. The molecule has 2 rings (SSSR count). The maximum Gasteiger partial charge on any atom is 0.316 e. The number of hydrogen-bond acceptors (Lipinski definition) is 4. The van der Waals surface area contributed by atoms with Gasteiger partial charge in [0.2, 0.25) is 0 Å². The van der Waals surface area contributed by atoms with E-state index in [1.165, 1.54) is 23.1 Å². The highest BCUT2D eigenvalue weighted by molar-refractivity contribution is 8.02. The number of carboxylic acid groups (broad SMARTS) is 1. The lowest BCUT2D eigenvalue weighted by atomic mass is 10.3. The van der Waals surface area contributed by atoms with Crippen molar-refractivity contribution < 1.29 is 9.90 Å². The van der Waals surface area contributed by atoms with Crippen molar-refractivity contribution in [3.63, 3.8) is 0 Å². The first-order valence-corrected chi connectivity index (χ1v) is 6.59. The normalized spacial score (nSPS) is 12.9. The minimum absolute atomic E-state index is 0.490. The third kappa shape index (κ3) is 2.48. The number of carbonyl (C=O) groups is 1. The average Bonchev–Trinajstić information content (AvgIpc) is 2.58. The van der Waals surface area contributed by atoms with Crippen molar-refractivity contribution in [2.45, 2.75) is 16.5 Å². The molecule has 0 saturated heterocycles. The standard InChI is InChI=1S/C10H8ClNO2S2/c1-5(9(13)14)15-10-12-7-4-6(11)2-3-8(7)16-10/h2-5H,1H3,(H,13,14)/t5-/m0/s1. The molecule has 0 unspecified atom stereocenters. The van der Waals surface area contributed by atoms with E-state index in [0.717, 1.165) is 14.6 Å². The third-order valence-electron chi connectivity index (χ3n) is 1.96. The molecule has 0 aliphatic heterocycles. The van der Waals surface area contributed by atoms with Gasteiger partial charge < -0.3 is 5.11 Å². The summed E-state index contributed by atoms with van der Waals surface area (Å²) in [4.78, 5) is 15.0. The van der Waals surface area contributed by atoms with Gasteiger partial charge in [0.15, 0.2) is 4.34 Å². The van der Waals surface area contributed by atoms with Gasteiger partial charge in [-0.15, -0.1) is 11.3 Å². The number of hydrogen-bond donors (Lipinski definition) is 1. The van der Waals surface area contributed by atoms with Crippen LogP contribution in [0.2, 0.25) is 5.02 Å². The first kappa shape index (κ1) is 11.7. The second kappa shape index (κ2) is 4.61. The smallest absolute Gasteiger partial charge is 0.316 e. The molecule has 6 heteroatoms. The Morgan fingerprint density at radius 2 is 2.38 bits per heavy atom. The van der Waals surface area contributed by atoms with Crippen molar-refractivity contribution in [3.05, 3.63) is 23.2 Å². The number of benzene rings is 1. The highest BCUT2D eigenvalue weighted by Gasteiger charge is 2.15. The zero-order valence-corrected chi connectivity index (χ0v) is 10.7. The lowest BCUT2D eigenvalue weighted by molar-refractivity contribution is -0.136. The summed E-state index contributed by atoms with van der Waals surface area (Å²) in [5.41, 5.74) is 0.817. The molecule has 0 radical (unpaired) electrons. The highest BCUT2D eigenvalue weighted by atomic mass is 35.5. The number of halogens is 1. The van der Waals surface area contributed by atoms with Crippen molar-refractivity contribution in [3.8, 4) is 0 Å². The second-order valence-corrected chi connectivity index (χ2v) is 6.25. The Morgan fingerprint density at radius 1 is 1.62 bits per heavy atom. The molecule has 0 amide bonds. The van der Waals surface area contributed by atoms with Crippen LogP contribution in [-0.2, 0) is 4.79 Å². The molecule has 0 aliphatic rings. The Bertz CT molecular complexity index is 541. The van der Waals surface area contributed by atoms with Crippen LogP contribution in [0.5, 0.6) is 0 Å². The lowest BCUT2D eigenvalue weighted by Crippen LogP contribution is -2.10. The highest BCUT2D eigenvalue weighted by Crippen LogP contribution is 2.33. The van der Waals surface area contributed by atoms with Crippen molar-refractivity contribution >= 4 is 50.9 Å². The number of fused-ring (bicyclic) bond motifs is 1. The van der Waals surface area contributed by atoms with E-state index in [4.69, 9.17) is 16.7 Å². The van der Waals surface area contributed by atoms with Gasteiger partial charge in [-0.25, -0.2) is 4.98 Å². The van der Waals surface area contributed by atoms with E-state index in [0.29, 0.717) is 5.02 Å². The second-order valence-electron chi connectivity index (χ2n) is 3.19. The molecule has 1 aromatic heterocycles. The van der Waals surface area contributed by atoms with Crippen molar-refractivity contribution in [2.75, 3.05) is 0 Å². The van der Waals surface area contributed by atoms with Gasteiger partial charge in [0.1, 0.15) is 5.25 Å². The SMILES string of the molecule is C[C@H](Sc1nc2cc(Cl)ccc2s1)C(=O)O. The fraction of sp³-hybridized carbons (Fsp3) is 0.200. The molecule has 0 fully saturated rings. The zero-order chi connectivity index (χ0) is 11.7. The maximum absolute atomic E-state index is 10.7. The number of nitrogens with zero attached hydrogens (tertiary/aromatic N) is 1. The van der Waals surface area contributed by atoms with E-state index >= 15 is 0 Å². The van der Waals surface area contributed by atoms with Gasteiger partial charge in [0, 0.05) is 5.02 Å². The predicted octanol–water partition coefficient (Wildman–Crippen LogP) is 3.51. The van der Waals surface area contributed by atoms with Crippen LogP contribution < -0.4 is 0 Å². The van der Waals surface area contributed by atoms with Gasteiger partial charge in [-0.3, -0.25) is 4.79 Å². The van der Waals surface area contributed by atoms with Crippen LogP contribution in [0.3, 0.4) is 0 Å². The molecule has 0 saturated carbocycles. The number of aromatic nitrogens is 1. The molecule has 0 aliphatic carbocycles. The topological polar surface area (TPSA) is 50.2 Å². The molecule has 0 bridgehead atoms. The van der Waals surface area contributed by atoms with Crippen LogP contribution in [0.4, 0.5) is 0 Å². The largest absolute Gasteiger partial charge is 0.480 e. The van der Waals surface area contributed by atoms with E-state index in [1.807, 2.05) is 6.07 Å². The summed E-state index contributed by atoms with van der Waals surface area (Å²) in [6.07, 6.45) is 0. The zero-order valence-electron chi connectivity index (χ0n) is 8.31. The first-order valence-electron chi connectivity index (χ1n) is 4.52. The molecule has 3 nitrogen and oxygen atoms in total. The minimum Gasteiger partial charge on any atom is -0.480 e. The van der Waals surface area contributed by atoms with E-state index < -0.39 is 11.2 Å². The maximum atomic E-state index is 10.7. The molecule has 1 heterocycles. The van der Waals surface area contributed by atoms with Gasteiger partial charge in [0.25, 0.3) is 0 Å². The Morgan fingerprint density at radius 3 is 3.06 bits per heavy atom. The minimum atomic E-state index is -0.831. The summed E-state index contributed by atoms with van der Waals surface area (Å²) < 4.78 is 1.77. The van der Waals surface area contributed by atoms with E-state index in [-0.39, 0.29) is 0 Å². The number of rotatable bonds is 3. The van der Waals surface area contributed by atoms with Gasteiger partial charge in [-0.1, -0.05) is 23.4 Å². The molecule has 1 aromatic carbocycles. The summed E-state index contributed by atoms with van der Waals surface area (Å²) in [7, 11) is 0. The molecule has 84 valence electrons. The molecule has 16 heavy (non-hydrogen) atoms. The monoisotopic (exact) mass is 273 g/mol. The molecule has 1 N–H and O–H groups in total. The molecular formula is C10H8ClNO2S2. The van der Waals surface area contributed by atoms with Gasteiger partial charge >= 0.3 is 5.97 Å². The van der Waals surface area contributed by atoms with Crippen LogP contribution in [0, 0.1) is 0 Å². The van der Waals surface area contributed by atoms with Gasteiger partial charge in [-0.2, -0.15) is 0 Å². The van der Waals surface area contributed by atoms with E-state index in [2.05, 4.69) is 4.98 Å². The first-order chi connectivity index (χ1) is 7.56. The number of carboxylic acids is 1. The lowest BCUT2D eigenvalue weighted by Gasteiger charge is -2.00. The Kier molecular flexibility index (Phi) is 3.37. The third-order valence-corrected chi connectivity index (χ3v) is 4.41. The van der Waals surface area contributed by atoms with Crippen LogP contribution >= 0.6 is 34.7 Å². The Balaban J connectivity index is 2.29. The fourth-order valence-electron chi connectivity index (χ4n) is 1.13. The van der Waals surface area contributed by atoms with Crippen LogP contribution in [-0.4, -0.2) is 21.3 Å². The van der Waals surface area contributed by atoms with E-state index in [1.54, 1.807) is 19.1 Å². The molecule has 2 aromatic rings. The summed E-state index contributed by atoms with van der Waals surface area (Å²) in [6.45, 7) is 1.64. The fourth-order valence-corrected chi connectivity index (χ4v) is 3.42. The van der Waals surface area contributed by atoms with Crippen molar-refractivity contribution in [1.82, 2.24) is 4.98 Å². The van der Waals surface area contributed by atoms with Crippen molar-refractivity contribution in [1.29, 1.82) is 0 Å². The van der Waals surface area contributed by atoms with Crippen LogP contribution in [0.15, 0.2) is 22.5 Å². The summed E-state index contributed by atoms with van der Waals surface area (Å²) >= 11 is 8.58. The van der Waals surface area contributed by atoms with Crippen molar-refractivity contribution in [2.24, 2.45) is 0 Å². The van der Waals surface area contributed by atoms with E-state index in [9.17, 15) is 4.79 Å².